The van der Waals surface area contributed by atoms with Crippen molar-refractivity contribution < 1.29 is 14.3 Å². The number of Topliss-reactive ketones (excluding diaryl/α,β-unsaturated/α-hetero) is 1. The lowest BCUT2D eigenvalue weighted by molar-refractivity contribution is 0.102. The summed E-state index contributed by atoms with van der Waals surface area (Å²) in [6.45, 7) is 0. The zero-order chi connectivity index (χ0) is 21.1. The monoisotopic (exact) mass is 418 g/mol. The highest BCUT2D eigenvalue weighted by atomic mass is 35.5. The minimum atomic E-state index is -0.676. The molecule has 0 radical (unpaired) electrons. The molecule has 1 aliphatic heterocycles. The molecule has 5 nitrogen and oxygen atoms in total. The number of rotatable bonds is 5. The SMILES string of the molecule is COc1ccc([C@@H]2NC(=O)NC(c3ccccc3)=C2C(=O)c2ccccc2)cc1Cl. The Labute approximate surface area is 179 Å². The third kappa shape index (κ3) is 3.80. The number of amides is 2. The van der Waals surface area contributed by atoms with E-state index in [1.807, 2.05) is 48.5 Å². The summed E-state index contributed by atoms with van der Waals surface area (Å²) in [7, 11) is 1.53. The molecule has 0 saturated heterocycles. The highest BCUT2D eigenvalue weighted by Crippen LogP contribution is 2.36. The molecule has 0 fully saturated rings. The van der Waals surface area contributed by atoms with Crippen LogP contribution in [-0.2, 0) is 0 Å². The van der Waals surface area contributed by atoms with Gasteiger partial charge in [-0.05, 0) is 23.3 Å². The van der Waals surface area contributed by atoms with Crippen molar-refractivity contribution in [2.24, 2.45) is 0 Å². The van der Waals surface area contributed by atoms with Crippen molar-refractivity contribution in [1.29, 1.82) is 0 Å². The summed E-state index contributed by atoms with van der Waals surface area (Å²) in [6, 6.07) is 22.5. The predicted octanol–water partition coefficient (Wildman–Crippen LogP) is 5.00. The minimum Gasteiger partial charge on any atom is -0.495 e. The van der Waals surface area contributed by atoms with Crippen molar-refractivity contribution in [2.45, 2.75) is 6.04 Å². The molecule has 1 heterocycles. The van der Waals surface area contributed by atoms with Crippen molar-refractivity contribution in [2.75, 3.05) is 7.11 Å². The molecule has 1 aliphatic rings. The average molecular weight is 419 g/mol. The molecule has 30 heavy (non-hydrogen) atoms. The Bertz CT molecular complexity index is 1130. The van der Waals surface area contributed by atoms with Crippen LogP contribution in [0, 0.1) is 0 Å². The maximum absolute atomic E-state index is 13.6. The first-order valence-electron chi connectivity index (χ1n) is 9.39. The number of carbonyl (C=O) groups is 2. The maximum atomic E-state index is 13.6. The van der Waals surface area contributed by atoms with Crippen LogP contribution in [0.4, 0.5) is 4.79 Å². The van der Waals surface area contributed by atoms with E-state index >= 15 is 0 Å². The number of hydrogen-bond donors (Lipinski definition) is 2. The van der Waals surface area contributed by atoms with Crippen molar-refractivity contribution >= 4 is 29.1 Å². The van der Waals surface area contributed by atoms with Crippen LogP contribution >= 0.6 is 11.6 Å². The van der Waals surface area contributed by atoms with Crippen molar-refractivity contribution in [1.82, 2.24) is 10.6 Å². The molecule has 0 aromatic heterocycles. The quantitative estimate of drug-likeness (QED) is 0.573. The summed E-state index contributed by atoms with van der Waals surface area (Å²) in [4.78, 5) is 26.1. The van der Waals surface area contributed by atoms with E-state index in [0.29, 0.717) is 33.2 Å². The number of benzene rings is 3. The first kappa shape index (κ1) is 19.7. The van der Waals surface area contributed by atoms with Crippen LogP contribution in [0.5, 0.6) is 5.75 Å². The van der Waals surface area contributed by atoms with Crippen LogP contribution in [0.1, 0.15) is 27.5 Å². The average Bonchev–Trinajstić information content (AvgIpc) is 2.79. The van der Waals surface area contributed by atoms with Crippen LogP contribution in [0.2, 0.25) is 5.02 Å². The van der Waals surface area contributed by atoms with E-state index in [1.165, 1.54) is 7.11 Å². The van der Waals surface area contributed by atoms with E-state index in [-0.39, 0.29) is 5.78 Å². The number of ether oxygens (including phenoxy) is 1. The van der Waals surface area contributed by atoms with E-state index in [1.54, 1.807) is 30.3 Å². The molecule has 3 aromatic rings. The fraction of sp³-hybridized carbons (Fsp3) is 0.0833. The summed E-state index contributed by atoms with van der Waals surface area (Å²) in [5.74, 6) is 0.336. The van der Waals surface area contributed by atoms with Crippen molar-refractivity contribution in [3.8, 4) is 5.75 Å². The number of hydrogen-bond acceptors (Lipinski definition) is 3. The fourth-order valence-electron chi connectivity index (χ4n) is 3.50. The zero-order valence-corrected chi connectivity index (χ0v) is 16.9. The van der Waals surface area contributed by atoms with Crippen LogP contribution in [0.25, 0.3) is 5.70 Å². The Hall–Kier alpha value is -3.57. The van der Waals surface area contributed by atoms with E-state index < -0.39 is 12.1 Å². The molecule has 4 rings (SSSR count). The summed E-state index contributed by atoms with van der Waals surface area (Å²) in [5.41, 5.74) is 2.88. The Balaban J connectivity index is 1.92. The highest BCUT2D eigenvalue weighted by Gasteiger charge is 2.34. The third-order valence-corrected chi connectivity index (χ3v) is 5.22. The van der Waals surface area contributed by atoms with Gasteiger partial charge in [0.15, 0.2) is 5.78 Å². The topological polar surface area (TPSA) is 67.4 Å². The van der Waals surface area contributed by atoms with Crippen molar-refractivity contribution in [3.05, 3.63) is 106 Å². The van der Waals surface area contributed by atoms with Gasteiger partial charge in [0.05, 0.1) is 29.4 Å². The van der Waals surface area contributed by atoms with Crippen LogP contribution in [0.15, 0.2) is 84.4 Å². The van der Waals surface area contributed by atoms with E-state index in [2.05, 4.69) is 10.6 Å². The number of nitrogens with one attached hydrogen (secondary N) is 2. The van der Waals surface area contributed by atoms with E-state index in [9.17, 15) is 9.59 Å². The Kier molecular flexibility index (Phi) is 5.55. The lowest BCUT2D eigenvalue weighted by Gasteiger charge is -2.30. The molecule has 150 valence electrons. The smallest absolute Gasteiger partial charge is 0.320 e. The normalized spacial score (nSPS) is 15.9. The summed E-state index contributed by atoms with van der Waals surface area (Å²) >= 11 is 6.33. The first-order chi connectivity index (χ1) is 14.6. The molecule has 6 heteroatoms. The lowest BCUT2D eigenvalue weighted by Crippen LogP contribution is -2.45. The number of urea groups is 1. The molecule has 3 aromatic carbocycles. The van der Waals surface area contributed by atoms with Gasteiger partial charge in [-0.2, -0.15) is 0 Å². The van der Waals surface area contributed by atoms with Gasteiger partial charge in [-0.1, -0.05) is 78.3 Å². The largest absolute Gasteiger partial charge is 0.495 e. The third-order valence-electron chi connectivity index (χ3n) is 4.92. The summed E-state index contributed by atoms with van der Waals surface area (Å²) < 4.78 is 5.23. The molecule has 0 bridgehead atoms. The number of carbonyl (C=O) groups excluding carboxylic acids is 2. The van der Waals surface area contributed by atoms with Gasteiger partial charge in [0.25, 0.3) is 0 Å². The van der Waals surface area contributed by atoms with E-state index in [4.69, 9.17) is 16.3 Å². The fourth-order valence-corrected chi connectivity index (χ4v) is 3.77. The van der Waals surface area contributed by atoms with Gasteiger partial charge < -0.3 is 15.4 Å². The summed E-state index contributed by atoms with van der Waals surface area (Å²) in [5, 5.41) is 6.09. The minimum absolute atomic E-state index is 0.182. The lowest BCUT2D eigenvalue weighted by atomic mass is 9.87. The predicted molar refractivity (Wildman–Crippen MR) is 117 cm³/mol. The first-order valence-corrected chi connectivity index (χ1v) is 9.76. The van der Waals surface area contributed by atoms with Gasteiger partial charge in [-0.3, -0.25) is 4.79 Å². The number of halogens is 1. The maximum Gasteiger partial charge on any atom is 0.320 e. The number of methoxy groups -OCH3 is 1. The van der Waals surface area contributed by atoms with Gasteiger partial charge >= 0.3 is 6.03 Å². The standard InChI is InChI=1S/C24H19ClN2O3/c1-30-19-13-12-17(14-18(19)25)22-20(23(28)16-10-6-3-7-11-16)21(26-24(29)27-22)15-8-4-2-5-9-15/h2-14,22H,1H3,(H2,26,27,29)/t22-/m0/s1. The molecule has 0 saturated carbocycles. The second kappa shape index (κ2) is 8.43. The number of ketones is 1. The van der Waals surface area contributed by atoms with E-state index in [0.717, 1.165) is 5.56 Å². The molecule has 1 atom stereocenters. The Morgan fingerprint density at radius 1 is 0.967 bits per heavy atom. The Morgan fingerprint density at radius 3 is 2.27 bits per heavy atom. The van der Waals surface area contributed by atoms with Gasteiger partial charge in [0.2, 0.25) is 0 Å². The zero-order valence-electron chi connectivity index (χ0n) is 16.2. The van der Waals surface area contributed by atoms with Crippen LogP contribution in [-0.4, -0.2) is 18.9 Å². The molecule has 0 unspecified atom stereocenters. The summed E-state index contributed by atoms with van der Waals surface area (Å²) in [6.07, 6.45) is 0. The molecular formula is C24H19ClN2O3. The van der Waals surface area contributed by atoms with Crippen molar-refractivity contribution in [3.63, 3.8) is 0 Å². The van der Waals surface area contributed by atoms with Gasteiger partial charge in [0, 0.05) is 5.56 Å². The van der Waals surface area contributed by atoms with Gasteiger partial charge in [0.1, 0.15) is 5.75 Å². The molecule has 0 aliphatic carbocycles. The Morgan fingerprint density at radius 2 is 1.63 bits per heavy atom. The van der Waals surface area contributed by atoms with Gasteiger partial charge in [-0.15, -0.1) is 0 Å². The molecule has 0 spiro atoms. The molecule has 2 amide bonds. The van der Waals surface area contributed by atoms with Gasteiger partial charge in [-0.25, -0.2) is 4.79 Å². The second-order valence-electron chi connectivity index (χ2n) is 6.78. The highest BCUT2D eigenvalue weighted by molar-refractivity contribution is 6.32. The molecular weight excluding hydrogens is 400 g/mol. The van der Waals surface area contributed by atoms with Crippen LogP contribution in [0.3, 0.4) is 0 Å². The van der Waals surface area contributed by atoms with Crippen LogP contribution < -0.4 is 15.4 Å². The molecule has 2 N–H and O–H groups in total. The second-order valence-corrected chi connectivity index (χ2v) is 7.18.